The normalized spacial score (nSPS) is 17.9. The highest BCUT2D eigenvalue weighted by Crippen LogP contribution is 2.28. The Kier molecular flexibility index (Phi) is 6.69. The molecule has 14 heteroatoms. The number of carbonyl (C=O) groups is 2. The van der Waals surface area contributed by atoms with Gasteiger partial charge in [-0.2, -0.15) is 0 Å². The fourth-order valence-electron chi connectivity index (χ4n) is 2.92. The molecule has 3 N–H and O–H groups in total. The van der Waals surface area contributed by atoms with Gasteiger partial charge in [0.05, 0.1) is 4.90 Å². The molecular formula is C19H17F3N2O8S. The molecule has 2 aromatic carbocycles. The average molecular weight is 490 g/mol. The van der Waals surface area contributed by atoms with E-state index in [9.17, 15) is 36.3 Å². The van der Waals surface area contributed by atoms with E-state index in [-0.39, 0.29) is 29.4 Å². The van der Waals surface area contributed by atoms with Crippen LogP contribution in [0.4, 0.5) is 18.0 Å². The molecule has 2 aromatic rings. The Morgan fingerprint density at radius 2 is 1.64 bits per heavy atom. The first-order valence-corrected chi connectivity index (χ1v) is 10.8. The zero-order valence-electron chi connectivity index (χ0n) is 16.5. The molecule has 1 aliphatic rings. The minimum atomic E-state index is -4.83. The number of benzene rings is 2. The summed E-state index contributed by atoms with van der Waals surface area (Å²) in [6.45, 7) is -0.356. The van der Waals surface area contributed by atoms with Crippen LogP contribution >= 0.6 is 0 Å². The number of ether oxygens (including phenoxy) is 3. The summed E-state index contributed by atoms with van der Waals surface area (Å²) >= 11 is 0. The van der Waals surface area contributed by atoms with Gasteiger partial charge in [-0.3, -0.25) is 4.79 Å². The maximum Gasteiger partial charge on any atom is 0.573 e. The van der Waals surface area contributed by atoms with E-state index < -0.39 is 45.6 Å². The number of cyclic esters (lactones) is 1. The van der Waals surface area contributed by atoms with Crippen LogP contribution in [0.2, 0.25) is 0 Å². The molecule has 2 atom stereocenters. The SMILES string of the molecule is O=CNC(O)(CS(=O)(=O)c1ccc(Oc2ccc(OC(F)(F)F)cc2)cc1)[C@@H]1COC(=O)N1. The van der Waals surface area contributed by atoms with E-state index in [0.717, 1.165) is 12.1 Å². The van der Waals surface area contributed by atoms with Crippen molar-refractivity contribution in [2.24, 2.45) is 0 Å². The lowest BCUT2D eigenvalue weighted by Gasteiger charge is -2.31. The van der Waals surface area contributed by atoms with Crippen molar-refractivity contribution in [3.63, 3.8) is 0 Å². The molecule has 33 heavy (non-hydrogen) atoms. The largest absolute Gasteiger partial charge is 0.573 e. The lowest BCUT2D eigenvalue weighted by Crippen LogP contribution is -2.62. The summed E-state index contributed by atoms with van der Waals surface area (Å²) in [5.74, 6) is -1.05. The van der Waals surface area contributed by atoms with Gasteiger partial charge in [-0.25, -0.2) is 13.2 Å². The monoisotopic (exact) mass is 490 g/mol. The number of rotatable bonds is 9. The molecule has 1 fully saturated rings. The van der Waals surface area contributed by atoms with Gasteiger partial charge in [0.2, 0.25) is 6.41 Å². The maximum absolute atomic E-state index is 12.8. The van der Waals surface area contributed by atoms with Gasteiger partial charge >= 0.3 is 12.5 Å². The quantitative estimate of drug-likeness (QED) is 0.356. The zero-order valence-corrected chi connectivity index (χ0v) is 17.4. The van der Waals surface area contributed by atoms with E-state index in [0.29, 0.717) is 0 Å². The number of sulfone groups is 1. The van der Waals surface area contributed by atoms with Crippen LogP contribution in [0.25, 0.3) is 0 Å². The number of amides is 2. The highest BCUT2D eigenvalue weighted by Gasteiger charge is 2.45. The second-order valence-corrected chi connectivity index (χ2v) is 8.82. The molecule has 0 aliphatic carbocycles. The molecule has 0 bridgehead atoms. The molecule has 1 unspecified atom stereocenters. The Hall–Kier alpha value is -3.52. The summed E-state index contributed by atoms with van der Waals surface area (Å²) in [4.78, 5) is 21.9. The van der Waals surface area contributed by atoms with Gasteiger partial charge in [0.25, 0.3) is 0 Å². The van der Waals surface area contributed by atoms with E-state index in [1.54, 1.807) is 0 Å². The third kappa shape index (κ3) is 6.26. The number of hydrogen-bond donors (Lipinski definition) is 3. The third-order valence-corrected chi connectivity index (χ3v) is 6.25. The van der Waals surface area contributed by atoms with Gasteiger partial charge in [-0.15, -0.1) is 13.2 Å². The highest BCUT2D eigenvalue weighted by atomic mass is 32.2. The van der Waals surface area contributed by atoms with Crippen LogP contribution in [0.3, 0.4) is 0 Å². The van der Waals surface area contributed by atoms with Crippen molar-refractivity contribution < 1.29 is 50.5 Å². The average Bonchev–Trinajstić information content (AvgIpc) is 3.16. The van der Waals surface area contributed by atoms with E-state index in [1.165, 1.54) is 36.4 Å². The number of carbonyl (C=O) groups excluding carboxylic acids is 2. The first kappa shape index (κ1) is 24.1. The number of alkyl halides is 3. The Morgan fingerprint density at radius 1 is 1.09 bits per heavy atom. The standard InChI is InChI=1S/C19H17F3N2O8S/c20-19(21,22)32-14-3-1-12(2-4-14)31-13-5-7-15(8-6-13)33(28,29)10-18(27,23-11-25)16-9-30-17(26)24-16/h1-8,11,16,27H,9-10H2,(H,23,25)(H,24,26)/t16-,18?/m0/s1. The lowest BCUT2D eigenvalue weighted by atomic mass is 10.1. The van der Waals surface area contributed by atoms with Crippen LogP contribution in [-0.4, -0.2) is 56.5 Å². The van der Waals surface area contributed by atoms with Crippen LogP contribution in [0.5, 0.6) is 17.2 Å². The van der Waals surface area contributed by atoms with Gasteiger partial charge in [0, 0.05) is 0 Å². The Balaban J connectivity index is 1.70. The Labute approximate surface area is 185 Å². The predicted molar refractivity (Wildman–Crippen MR) is 104 cm³/mol. The van der Waals surface area contributed by atoms with Gasteiger partial charge < -0.3 is 30.0 Å². The summed E-state index contributed by atoms with van der Waals surface area (Å²) < 4.78 is 76.0. The molecule has 2 amide bonds. The van der Waals surface area contributed by atoms with E-state index in [4.69, 9.17) is 4.74 Å². The molecule has 0 aromatic heterocycles. The molecule has 1 heterocycles. The minimum Gasteiger partial charge on any atom is -0.457 e. The van der Waals surface area contributed by atoms with E-state index in [2.05, 4.69) is 14.8 Å². The third-order valence-electron chi connectivity index (χ3n) is 4.44. The predicted octanol–water partition coefficient (Wildman–Crippen LogP) is 1.69. The second kappa shape index (κ2) is 9.15. The molecule has 0 saturated carbocycles. The fourth-order valence-corrected chi connectivity index (χ4v) is 4.50. The van der Waals surface area contributed by atoms with E-state index in [1.807, 2.05) is 5.32 Å². The van der Waals surface area contributed by atoms with Crippen molar-refractivity contribution >= 4 is 22.3 Å². The second-order valence-electron chi connectivity index (χ2n) is 6.83. The molecule has 1 saturated heterocycles. The van der Waals surface area contributed by atoms with Crippen LogP contribution in [0, 0.1) is 0 Å². The summed E-state index contributed by atoms with van der Waals surface area (Å²) in [7, 11) is -4.16. The Bertz CT molecular complexity index is 1110. The number of alkyl carbamates (subject to hydrolysis) is 1. The van der Waals surface area contributed by atoms with Crippen molar-refractivity contribution in [2.45, 2.75) is 23.0 Å². The van der Waals surface area contributed by atoms with Crippen LogP contribution in [-0.2, 0) is 19.4 Å². The van der Waals surface area contributed by atoms with Gasteiger partial charge in [0.1, 0.15) is 35.7 Å². The molecule has 0 radical (unpaired) electrons. The van der Waals surface area contributed by atoms with Gasteiger partial charge in [0.15, 0.2) is 15.6 Å². The first-order chi connectivity index (χ1) is 15.4. The summed E-state index contributed by atoms with van der Waals surface area (Å²) in [5, 5.41) is 14.9. The van der Waals surface area contributed by atoms with Crippen LogP contribution in [0.1, 0.15) is 0 Å². The summed E-state index contributed by atoms with van der Waals surface area (Å²) in [6, 6.07) is 8.30. The molecule has 178 valence electrons. The molecular weight excluding hydrogens is 473 g/mol. The van der Waals surface area contributed by atoms with Crippen molar-refractivity contribution in [1.29, 1.82) is 0 Å². The summed E-state index contributed by atoms with van der Waals surface area (Å²) in [5.41, 5.74) is -2.33. The highest BCUT2D eigenvalue weighted by molar-refractivity contribution is 7.91. The van der Waals surface area contributed by atoms with Crippen LogP contribution in [0.15, 0.2) is 53.4 Å². The number of aliphatic hydroxyl groups is 1. The van der Waals surface area contributed by atoms with Crippen LogP contribution < -0.4 is 20.1 Å². The molecule has 0 spiro atoms. The topological polar surface area (TPSA) is 140 Å². The van der Waals surface area contributed by atoms with Gasteiger partial charge in [-0.1, -0.05) is 0 Å². The fraction of sp³-hybridized carbons (Fsp3) is 0.263. The number of nitrogens with one attached hydrogen (secondary N) is 2. The van der Waals surface area contributed by atoms with Crippen molar-refractivity contribution in [3.05, 3.63) is 48.5 Å². The first-order valence-electron chi connectivity index (χ1n) is 9.14. The smallest absolute Gasteiger partial charge is 0.457 e. The zero-order chi connectivity index (χ0) is 24.3. The molecule has 3 rings (SSSR count). The lowest BCUT2D eigenvalue weighted by molar-refractivity contribution is -0.274. The van der Waals surface area contributed by atoms with Crippen molar-refractivity contribution in [3.8, 4) is 17.2 Å². The van der Waals surface area contributed by atoms with E-state index >= 15 is 0 Å². The molecule has 10 nitrogen and oxygen atoms in total. The molecule has 1 aliphatic heterocycles. The number of hydrogen-bond acceptors (Lipinski definition) is 8. The maximum atomic E-state index is 12.8. The Morgan fingerprint density at radius 3 is 2.12 bits per heavy atom. The minimum absolute atomic E-state index is 0.0992. The van der Waals surface area contributed by atoms with Gasteiger partial charge in [-0.05, 0) is 48.5 Å². The van der Waals surface area contributed by atoms with Crippen molar-refractivity contribution in [2.75, 3.05) is 12.4 Å². The van der Waals surface area contributed by atoms with Crippen molar-refractivity contribution in [1.82, 2.24) is 10.6 Å². The number of halogens is 3. The summed E-state index contributed by atoms with van der Waals surface area (Å²) in [6.07, 6.45) is -5.60.